The Balaban J connectivity index is 1.63. The van der Waals surface area contributed by atoms with Crippen LogP contribution in [-0.4, -0.2) is 32.8 Å². The molecular formula is C14H20N4O2. The van der Waals surface area contributed by atoms with Crippen molar-refractivity contribution in [3.8, 4) is 11.6 Å². The van der Waals surface area contributed by atoms with Gasteiger partial charge in [-0.15, -0.1) is 0 Å². The van der Waals surface area contributed by atoms with Gasteiger partial charge in [0, 0.05) is 25.4 Å². The molecule has 0 bridgehead atoms. The highest BCUT2D eigenvalue weighted by Gasteiger charge is 2.26. The minimum absolute atomic E-state index is 0.348. The summed E-state index contributed by atoms with van der Waals surface area (Å²) in [6.45, 7) is 5.23. The Morgan fingerprint density at radius 1 is 1.45 bits per heavy atom. The lowest BCUT2D eigenvalue weighted by Gasteiger charge is -2.31. The van der Waals surface area contributed by atoms with Crippen LogP contribution in [0.2, 0.25) is 0 Å². The summed E-state index contributed by atoms with van der Waals surface area (Å²) in [6.07, 6.45) is 6.72. The second kappa shape index (κ2) is 5.75. The van der Waals surface area contributed by atoms with Gasteiger partial charge >= 0.3 is 0 Å². The Hall–Kier alpha value is -1.69. The molecule has 2 aromatic rings. The Kier molecular flexibility index (Phi) is 3.82. The molecule has 108 valence electrons. The predicted octanol–water partition coefficient (Wildman–Crippen LogP) is 2.45. The number of aromatic nitrogens is 4. The monoisotopic (exact) mass is 276 g/mol. The van der Waals surface area contributed by atoms with E-state index in [0.29, 0.717) is 35.5 Å². The Morgan fingerprint density at radius 2 is 2.35 bits per heavy atom. The zero-order chi connectivity index (χ0) is 13.9. The molecule has 1 N–H and O–H groups in total. The van der Waals surface area contributed by atoms with Crippen molar-refractivity contribution in [3.63, 3.8) is 0 Å². The van der Waals surface area contributed by atoms with Gasteiger partial charge < -0.3 is 14.2 Å². The first-order valence-corrected chi connectivity index (χ1v) is 7.16. The van der Waals surface area contributed by atoms with Gasteiger partial charge in [-0.1, -0.05) is 19.0 Å². The zero-order valence-corrected chi connectivity index (χ0v) is 11.9. The van der Waals surface area contributed by atoms with E-state index in [2.05, 4.69) is 34.0 Å². The van der Waals surface area contributed by atoms with Crippen molar-refractivity contribution >= 4 is 0 Å². The number of rotatable bonds is 4. The molecule has 3 rings (SSSR count). The lowest BCUT2D eigenvalue weighted by Crippen LogP contribution is -2.30. The van der Waals surface area contributed by atoms with Gasteiger partial charge in [0.2, 0.25) is 11.7 Å². The molecule has 0 unspecified atom stereocenters. The lowest BCUT2D eigenvalue weighted by molar-refractivity contribution is -0.0349. The third-order valence-electron chi connectivity index (χ3n) is 3.81. The summed E-state index contributed by atoms with van der Waals surface area (Å²) in [5.41, 5.74) is 0. The molecule has 3 heterocycles. The average Bonchev–Trinajstić information content (AvgIpc) is 3.09. The van der Waals surface area contributed by atoms with Crippen LogP contribution in [0.15, 0.2) is 16.9 Å². The van der Waals surface area contributed by atoms with Crippen molar-refractivity contribution in [2.24, 2.45) is 11.8 Å². The normalized spacial score (nSPS) is 23.4. The highest BCUT2D eigenvalue weighted by atomic mass is 16.5. The van der Waals surface area contributed by atoms with Crippen molar-refractivity contribution in [2.45, 2.75) is 39.2 Å². The van der Waals surface area contributed by atoms with Crippen LogP contribution in [0.25, 0.3) is 11.6 Å². The number of nitrogens with one attached hydrogen (secondary N) is 1. The smallest absolute Gasteiger partial charge is 0.238 e. The maximum atomic E-state index is 5.79. The van der Waals surface area contributed by atoms with Crippen LogP contribution in [0.3, 0.4) is 0 Å². The second-order valence-corrected chi connectivity index (χ2v) is 5.70. The second-order valence-electron chi connectivity index (χ2n) is 5.70. The molecule has 0 aliphatic carbocycles. The Morgan fingerprint density at radius 3 is 3.10 bits per heavy atom. The fourth-order valence-electron chi connectivity index (χ4n) is 2.62. The molecular weight excluding hydrogens is 256 g/mol. The number of imidazole rings is 1. The van der Waals surface area contributed by atoms with Gasteiger partial charge in [0.25, 0.3) is 0 Å². The minimum Gasteiger partial charge on any atom is -0.378 e. The first-order valence-electron chi connectivity index (χ1n) is 7.16. The number of hydrogen-bond acceptors (Lipinski definition) is 5. The molecule has 6 nitrogen and oxygen atoms in total. The van der Waals surface area contributed by atoms with E-state index in [9.17, 15) is 0 Å². The number of H-pyrrole nitrogens is 1. The van der Waals surface area contributed by atoms with Gasteiger partial charge in [-0.3, -0.25) is 0 Å². The molecule has 1 fully saturated rings. The maximum absolute atomic E-state index is 5.79. The van der Waals surface area contributed by atoms with E-state index in [1.807, 2.05) is 0 Å². The molecule has 0 radical (unpaired) electrons. The molecule has 2 atom stereocenters. The van der Waals surface area contributed by atoms with Crippen molar-refractivity contribution < 1.29 is 9.26 Å². The fourth-order valence-corrected chi connectivity index (χ4v) is 2.62. The summed E-state index contributed by atoms with van der Waals surface area (Å²) in [4.78, 5) is 11.5. The van der Waals surface area contributed by atoms with Gasteiger partial charge in [0.05, 0.1) is 6.10 Å². The fraction of sp³-hybridized carbons (Fsp3) is 0.643. The summed E-state index contributed by atoms with van der Waals surface area (Å²) >= 11 is 0. The molecule has 1 aliphatic heterocycles. The third-order valence-corrected chi connectivity index (χ3v) is 3.81. The van der Waals surface area contributed by atoms with Crippen molar-refractivity contribution in [2.75, 3.05) is 6.61 Å². The first-order chi connectivity index (χ1) is 9.72. The number of ether oxygens (including phenoxy) is 1. The molecule has 1 saturated heterocycles. The van der Waals surface area contributed by atoms with Crippen LogP contribution in [-0.2, 0) is 11.2 Å². The van der Waals surface area contributed by atoms with Crippen LogP contribution in [0.4, 0.5) is 0 Å². The number of nitrogens with zero attached hydrogens (tertiary/aromatic N) is 3. The van der Waals surface area contributed by atoms with Crippen LogP contribution in [0, 0.1) is 11.8 Å². The van der Waals surface area contributed by atoms with Crippen molar-refractivity contribution in [1.29, 1.82) is 0 Å². The Bertz CT molecular complexity index is 535. The van der Waals surface area contributed by atoms with Crippen LogP contribution in [0.5, 0.6) is 0 Å². The predicted molar refractivity (Wildman–Crippen MR) is 72.9 cm³/mol. The lowest BCUT2D eigenvalue weighted by atomic mass is 9.88. The average molecular weight is 276 g/mol. The van der Waals surface area contributed by atoms with Crippen LogP contribution >= 0.6 is 0 Å². The van der Waals surface area contributed by atoms with E-state index >= 15 is 0 Å². The molecule has 2 aromatic heterocycles. The van der Waals surface area contributed by atoms with Crippen LogP contribution < -0.4 is 0 Å². The minimum atomic E-state index is 0.348. The van der Waals surface area contributed by atoms with E-state index in [0.717, 1.165) is 25.9 Å². The van der Waals surface area contributed by atoms with E-state index < -0.39 is 0 Å². The molecule has 1 aliphatic rings. The summed E-state index contributed by atoms with van der Waals surface area (Å²) in [7, 11) is 0. The molecule has 20 heavy (non-hydrogen) atoms. The van der Waals surface area contributed by atoms with Gasteiger partial charge in [0.1, 0.15) is 0 Å². The first kappa shape index (κ1) is 13.3. The maximum Gasteiger partial charge on any atom is 0.238 e. The molecule has 6 heteroatoms. The SMILES string of the molecule is CC(C)[C@@H]1C[C@@H](Cc2nc(-c3ncc[nH]3)no2)CCO1. The quantitative estimate of drug-likeness (QED) is 0.928. The number of hydrogen-bond donors (Lipinski definition) is 1. The number of aromatic amines is 1. The van der Waals surface area contributed by atoms with E-state index in [4.69, 9.17) is 9.26 Å². The van der Waals surface area contributed by atoms with Gasteiger partial charge in [-0.2, -0.15) is 4.98 Å². The van der Waals surface area contributed by atoms with Crippen molar-refractivity contribution in [1.82, 2.24) is 20.1 Å². The largest absolute Gasteiger partial charge is 0.378 e. The molecule has 0 saturated carbocycles. The van der Waals surface area contributed by atoms with Gasteiger partial charge in [0.15, 0.2) is 5.82 Å². The molecule has 0 spiro atoms. The highest BCUT2D eigenvalue weighted by molar-refractivity contribution is 5.40. The summed E-state index contributed by atoms with van der Waals surface area (Å²) < 4.78 is 11.1. The van der Waals surface area contributed by atoms with Crippen molar-refractivity contribution in [3.05, 3.63) is 18.3 Å². The van der Waals surface area contributed by atoms with Crippen LogP contribution in [0.1, 0.15) is 32.6 Å². The van der Waals surface area contributed by atoms with E-state index in [1.54, 1.807) is 12.4 Å². The summed E-state index contributed by atoms with van der Waals surface area (Å²) in [5.74, 6) is 2.97. The zero-order valence-electron chi connectivity index (χ0n) is 11.9. The van der Waals surface area contributed by atoms with E-state index in [1.165, 1.54) is 0 Å². The van der Waals surface area contributed by atoms with Gasteiger partial charge in [-0.05, 0) is 24.7 Å². The van der Waals surface area contributed by atoms with E-state index in [-0.39, 0.29) is 0 Å². The Labute approximate surface area is 117 Å². The summed E-state index contributed by atoms with van der Waals surface area (Å²) in [5, 5.41) is 3.97. The molecule has 0 amide bonds. The summed E-state index contributed by atoms with van der Waals surface area (Å²) in [6, 6.07) is 0. The highest BCUT2D eigenvalue weighted by Crippen LogP contribution is 2.27. The third kappa shape index (κ3) is 2.90. The molecule has 0 aromatic carbocycles. The van der Waals surface area contributed by atoms with Gasteiger partial charge in [-0.25, -0.2) is 4.98 Å². The standard InChI is InChI=1S/C14H20N4O2/c1-9(2)11-7-10(3-6-19-11)8-12-17-14(18-20-12)13-15-4-5-16-13/h4-5,9-11H,3,6-8H2,1-2H3,(H,15,16)/t10-,11-/m0/s1. The topological polar surface area (TPSA) is 76.8 Å².